The molecule has 31 heavy (non-hydrogen) atoms. The second kappa shape index (κ2) is 7.16. The lowest BCUT2D eigenvalue weighted by atomic mass is 9.78. The van der Waals surface area contributed by atoms with E-state index in [0.29, 0.717) is 35.5 Å². The molecule has 0 radical (unpaired) electrons. The van der Waals surface area contributed by atoms with Crippen molar-refractivity contribution in [1.82, 2.24) is 24.3 Å². The zero-order chi connectivity index (χ0) is 21.6. The van der Waals surface area contributed by atoms with Gasteiger partial charge in [-0.25, -0.2) is 19.9 Å². The number of nitrogens with zero attached hydrogens (tertiary/aromatic N) is 5. The van der Waals surface area contributed by atoms with Crippen LogP contribution in [0.5, 0.6) is 5.88 Å². The fraction of sp³-hybridized carbons (Fsp3) is 0.261. The second-order valence-electron chi connectivity index (χ2n) is 7.84. The number of carbonyl (C=O) groups excluding carboxylic acids is 1. The summed E-state index contributed by atoms with van der Waals surface area (Å²) in [5.74, 6) is 1.22. The van der Waals surface area contributed by atoms with Gasteiger partial charge in [0.15, 0.2) is 5.82 Å². The number of amides is 1. The fourth-order valence-corrected chi connectivity index (χ4v) is 3.80. The normalized spacial score (nSPS) is 17.6. The van der Waals surface area contributed by atoms with Gasteiger partial charge >= 0.3 is 0 Å². The van der Waals surface area contributed by atoms with Gasteiger partial charge in [0.2, 0.25) is 11.6 Å². The van der Waals surface area contributed by atoms with Crippen LogP contribution in [0.15, 0.2) is 49.1 Å². The molecule has 1 unspecified atom stereocenters. The van der Waals surface area contributed by atoms with E-state index in [0.717, 1.165) is 23.1 Å². The average Bonchev–Trinajstić information content (AvgIpc) is 3.35. The van der Waals surface area contributed by atoms with Crippen molar-refractivity contribution < 1.29 is 9.53 Å². The molecule has 3 aromatic heterocycles. The number of anilines is 1. The third-order valence-corrected chi connectivity index (χ3v) is 5.66. The number of imidazole rings is 1. The lowest BCUT2D eigenvalue weighted by molar-refractivity contribution is -0.119. The van der Waals surface area contributed by atoms with Crippen LogP contribution in [0.4, 0.5) is 5.82 Å². The van der Waals surface area contributed by atoms with Crippen LogP contribution in [0.2, 0.25) is 0 Å². The molecular weight excluding hydrogens is 392 g/mol. The molecule has 8 heteroatoms. The lowest BCUT2D eigenvalue weighted by Gasteiger charge is -2.22. The standard InChI is InChI=1S/C23H22N6O2/c1-4-11-31-21-20-24-9-10-29(20)13-17(26-21)19-25-12-16-18(27-19)28-22(30)23(16,3)15-7-5-14(2)6-8-15/h5-10,12-13H,4,11H2,1-3H3,(H,25,27,28,30). The molecule has 1 N–H and O–H groups in total. The molecule has 0 fully saturated rings. The number of aryl methyl sites for hydroxylation is 1. The Morgan fingerprint density at radius 2 is 1.97 bits per heavy atom. The summed E-state index contributed by atoms with van der Waals surface area (Å²) in [6.07, 6.45) is 7.89. The molecule has 1 atom stereocenters. The first-order valence-electron chi connectivity index (χ1n) is 10.2. The SMILES string of the molecule is CCCOc1nc(-c2ncc3c(n2)NC(=O)C3(C)c2ccc(C)cc2)cn2ccnc12. The minimum Gasteiger partial charge on any atom is -0.475 e. The third kappa shape index (κ3) is 3.02. The molecule has 4 heterocycles. The Morgan fingerprint density at radius 1 is 1.16 bits per heavy atom. The molecule has 4 aromatic rings. The van der Waals surface area contributed by atoms with Gasteiger partial charge in [-0.15, -0.1) is 0 Å². The molecule has 0 bridgehead atoms. The number of benzene rings is 1. The topological polar surface area (TPSA) is 94.3 Å². The predicted octanol–water partition coefficient (Wildman–Crippen LogP) is 3.54. The van der Waals surface area contributed by atoms with E-state index in [1.54, 1.807) is 18.6 Å². The van der Waals surface area contributed by atoms with Crippen LogP contribution in [0.25, 0.3) is 17.2 Å². The highest BCUT2D eigenvalue weighted by atomic mass is 16.5. The summed E-state index contributed by atoms with van der Waals surface area (Å²) in [7, 11) is 0. The van der Waals surface area contributed by atoms with E-state index in [1.165, 1.54) is 0 Å². The first kappa shape index (κ1) is 19.2. The van der Waals surface area contributed by atoms with E-state index < -0.39 is 5.41 Å². The van der Waals surface area contributed by atoms with Gasteiger partial charge in [0.05, 0.1) is 6.61 Å². The smallest absolute Gasteiger partial charge is 0.259 e. The summed E-state index contributed by atoms with van der Waals surface area (Å²) >= 11 is 0. The van der Waals surface area contributed by atoms with Gasteiger partial charge in [0.25, 0.3) is 5.88 Å². The maximum atomic E-state index is 13.0. The van der Waals surface area contributed by atoms with Crippen molar-refractivity contribution in [2.45, 2.75) is 32.6 Å². The van der Waals surface area contributed by atoms with Gasteiger partial charge in [-0.05, 0) is 25.8 Å². The van der Waals surface area contributed by atoms with Gasteiger partial charge in [-0.2, -0.15) is 0 Å². The molecule has 5 rings (SSSR count). The van der Waals surface area contributed by atoms with E-state index in [1.807, 2.05) is 55.6 Å². The molecular formula is C23H22N6O2. The first-order valence-corrected chi connectivity index (χ1v) is 10.2. The number of hydrogen-bond acceptors (Lipinski definition) is 6. The summed E-state index contributed by atoms with van der Waals surface area (Å²) in [5, 5.41) is 2.92. The van der Waals surface area contributed by atoms with Gasteiger partial charge in [-0.3, -0.25) is 4.79 Å². The van der Waals surface area contributed by atoms with Crippen LogP contribution in [0, 0.1) is 6.92 Å². The predicted molar refractivity (Wildman–Crippen MR) is 116 cm³/mol. The van der Waals surface area contributed by atoms with E-state index in [9.17, 15) is 4.79 Å². The van der Waals surface area contributed by atoms with Gasteiger partial charge in [-0.1, -0.05) is 36.8 Å². The van der Waals surface area contributed by atoms with Crippen molar-refractivity contribution in [1.29, 1.82) is 0 Å². The van der Waals surface area contributed by atoms with Crippen LogP contribution in [0.3, 0.4) is 0 Å². The van der Waals surface area contributed by atoms with Crippen LogP contribution in [-0.4, -0.2) is 36.9 Å². The number of rotatable bonds is 5. The van der Waals surface area contributed by atoms with Gasteiger partial charge in [0.1, 0.15) is 16.9 Å². The maximum absolute atomic E-state index is 13.0. The maximum Gasteiger partial charge on any atom is 0.259 e. The summed E-state index contributed by atoms with van der Waals surface area (Å²) in [6, 6.07) is 7.96. The second-order valence-corrected chi connectivity index (χ2v) is 7.84. The van der Waals surface area contributed by atoms with Crippen LogP contribution in [-0.2, 0) is 10.2 Å². The first-order chi connectivity index (χ1) is 15.0. The number of ether oxygens (including phenoxy) is 1. The Kier molecular flexibility index (Phi) is 4.43. The van der Waals surface area contributed by atoms with Crippen molar-refractivity contribution in [2.24, 2.45) is 0 Å². The fourth-order valence-electron chi connectivity index (χ4n) is 3.80. The van der Waals surface area contributed by atoms with E-state index in [4.69, 9.17) is 4.74 Å². The van der Waals surface area contributed by atoms with Gasteiger partial charge in [0, 0.05) is 30.4 Å². The molecule has 0 spiro atoms. The zero-order valence-corrected chi connectivity index (χ0v) is 17.6. The Bertz CT molecular complexity index is 1300. The van der Waals surface area contributed by atoms with Crippen molar-refractivity contribution >= 4 is 17.4 Å². The summed E-state index contributed by atoms with van der Waals surface area (Å²) < 4.78 is 7.61. The molecule has 156 valence electrons. The monoisotopic (exact) mass is 414 g/mol. The number of aromatic nitrogens is 5. The minimum absolute atomic E-state index is 0.122. The average molecular weight is 414 g/mol. The zero-order valence-electron chi connectivity index (χ0n) is 17.6. The Balaban J connectivity index is 1.58. The molecule has 0 saturated carbocycles. The molecule has 1 amide bonds. The number of carbonyl (C=O) groups is 1. The molecule has 1 aromatic carbocycles. The van der Waals surface area contributed by atoms with E-state index >= 15 is 0 Å². The third-order valence-electron chi connectivity index (χ3n) is 5.66. The number of nitrogens with one attached hydrogen (secondary N) is 1. The quantitative estimate of drug-likeness (QED) is 0.537. The van der Waals surface area contributed by atoms with E-state index in [-0.39, 0.29) is 5.91 Å². The van der Waals surface area contributed by atoms with E-state index in [2.05, 4.69) is 25.3 Å². The number of hydrogen-bond donors (Lipinski definition) is 1. The molecule has 0 saturated heterocycles. The number of fused-ring (bicyclic) bond motifs is 2. The highest BCUT2D eigenvalue weighted by Gasteiger charge is 2.45. The summed E-state index contributed by atoms with van der Waals surface area (Å²) in [4.78, 5) is 31.0. The van der Waals surface area contributed by atoms with Crippen LogP contribution < -0.4 is 10.1 Å². The van der Waals surface area contributed by atoms with Gasteiger partial charge < -0.3 is 14.5 Å². The molecule has 1 aliphatic rings. The largest absolute Gasteiger partial charge is 0.475 e. The summed E-state index contributed by atoms with van der Waals surface area (Å²) in [5.41, 5.74) is 3.12. The molecule has 0 aliphatic carbocycles. The molecule has 1 aliphatic heterocycles. The van der Waals surface area contributed by atoms with Crippen molar-refractivity contribution in [2.75, 3.05) is 11.9 Å². The Morgan fingerprint density at radius 3 is 2.74 bits per heavy atom. The van der Waals surface area contributed by atoms with Crippen molar-refractivity contribution in [3.05, 3.63) is 65.7 Å². The highest BCUT2D eigenvalue weighted by molar-refractivity contribution is 6.07. The Hall–Kier alpha value is -3.81. The summed E-state index contributed by atoms with van der Waals surface area (Å²) in [6.45, 7) is 6.49. The minimum atomic E-state index is -0.849. The Labute approximate surface area is 179 Å². The van der Waals surface area contributed by atoms with Crippen molar-refractivity contribution in [3.63, 3.8) is 0 Å². The van der Waals surface area contributed by atoms with Crippen molar-refractivity contribution in [3.8, 4) is 17.4 Å². The molecule has 8 nitrogen and oxygen atoms in total. The van der Waals surface area contributed by atoms with Crippen LogP contribution in [0.1, 0.15) is 37.0 Å². The highest BCUT2D eigenvalue weighted by Crippen LogP contribution is 2.41. The van der Waals surface area contributed by atoms with Crippen LogP contribution >= 0.6 is 0 Å². The lowest BCUT2D eigenvalue weighted by Crippen LogP contribution is -2.32.